The fourth-order valence-corrected chi connectivity index (χ4v) is 4.22. The van der Waals surface area contributed by atoms with Crippen LogP contribution in [-0.2, 0) is 9.53 Å². The molecule has 8 heteroatoms. The molecule has 30 heavy (non-hydrogen) atoms. The lowest BCUT2D eigenvalue weighted by Crippen LogP contribution is -2.50. The lowest BCUT2D eigenvalue weighted by Gasteiger charge is -2.36. The lowest BCUT2D eigenvalue weighted by atomic mass is 9.99. The number of cyclic esters (lactones) is 1. The van der Waals surface area contributed by atoms with Gasteiger partial charge < -0.3 is 9.64 Å². The molecule has 4 rings (SSSR count). The first-order valence-corrected chi connectivity index (χ1v) is 10.3. The van der Waals surface area contributed by atoms with Crippen molar-refractivity contribution >= 4 is 29.3 Å². The molecule has 2 amide bonds. The fourth-order valence-electron chi connectivity index (χ4n) is 4.09. The number of benzene rings is 2. The minimum Gasteiger partial charge on any atom is -0.442 e. The number of amides is 2. The summed E-state index contributed by atoms with van der Waals surface area (Å²) < 4.78 is 19.7. The van der Waals surface area contributed by atoms with E-state index < -0.39 is 18.2 Å². The molecular weight excluding hydrogens is 409 g/mol. The normalized spacial score (nSPS) is 22.3. The molecule has 2 aliphatic rings. The quantitative estimate of drug-likeness (QED) is 0.740. The molecule has 0 aliphatic carbocycles. The minimum atomic E-state index is -0.473. The molecule has 0 radical (unpaired) electrons. The summed E-state index contributed by atoms with van der Waals surface area (Å²) in [7, 11) is 0. The van der Waals surface area contributed by atoms with Gasteiger partial charge in [-0.05, 0) is 42.0 Å². The van der Waals surface area contributed by atoms with Gasteiger partial charge >= 0.3 is 6.09 Å². The molecule has 2 heterocycles. The van der Waals surface area contributed by atoms with Gasteiger partial charge in [-0.3, -0.25) is 14.6 Å². The first kappa shape index (κ1) is 20.6. The number of nitrogens with zero attached hydrogens (tertiary/aromatic N) is 3. The van der Waals surface area contributed by atoms with Crippen molar-refractivity contribution in [3.63, 3.8) is 0 Å². The van der Waals surface area contributed by atoms with Crippen molar-refractivity contribution in [3.8, 4) is 0 Å². The van der Waals surface area contributed by atoms with Gasteiger partial charge in [-0.1, -0.05) is 23.7 Å². The Labute approximate surface area is 179 Å². The van der Waals surface area contributed by atoms with Crippen LogP contribution in [-0.4, -0.2) is 60.6 Å². The Bertz CT molecular complexity index is 931. The van der Waals surface area contributed by atoms with Gasteiger partial charge in [0.2, 0.25) is 5.91 Å². The van der Waals surface area contributed by atoms with Crippen LogP contribution < -0.4 is 4.90 Å². The number of ether oxygens (including phenoxy) is 1. The number of carbonyl (C=O) groups excluding carboxylic acids is 2. The molecule has 158 valence electrons. The maximum atomic E-state index is 14.0. The maximum Gasteiger partial charge on any atom is 0.415 e. The van der Waals surface area contributed by atoms with E-state index in [2.05, 4.69) is 4.90 Å². The third-order valence-corrected chi connectivity index (χ3v) is 5.88. The molecule has 0 aromatic heterocycles. The van der Waals surface area contributed by atoms with Gasteiger partial charge in [0, 0.05) is 50.4 Å². The zero-order valence-corrected chi connectivity index (χ0v) is 17.4. The van der Waals surface area contributed by atoms with Gasteiger partial charge in [-0.25, -0.2) is 9.18 Å². The monoisotopic (exact) mass is 431 g/mol. The van der Waals surface area contributed by atoms with Crippen LogP contribution in [0.15, 0.2) is 48.5 Å². The molecule has 2 aliphatic heterocycles. The second-order valence-corrected chi connectivity index (χ2v) is 8.01. The van der Waals surface area contributed by atoms with Crippen molar-refractivity contribution in [3.05, 3.63) is 64.9 Å². The summed E-state index contributed by atoms with van der Waals surface area (Å²) in [5.74, 6) is -0.301. The molecule has 2 aromatic rings. The molecule has 0 N–H and O–H groups in total. The Hall–Kier alpha value is -2.64. The summed E-state index contributed by atoms with van der Waals surface area (Å²) in [4.78, 5) is 29.9. The number of rotatable bonds is 4. The van der Waals surface area contributed by atoms with Gasteiger partial charge in [-0.15, -0.1) is 0 Å². The van der Waals surface area contributed by atoms with Crippen LogP contribution in [0.4, 0.5) is 14.9 Å². The highest BCUT2D eigenvalue weighted by atomic mass is 35.5. The van der Waals surface area contributed by atoms with Crippen molar-refractivity contribution < 1.29 is 18.7 Å². The predicted octanol–water partition coefficient (Wildman–Crippen LogP) is 3.71. The molecule has 2 fully saturated rings. The molecule has 2 atom stereocenters. The van der Waals surface area contributed by atoms with Crippen molar-refractivity contribution in [2.75, 3.05) is 37.6 Å². The molecule has 2 aromatic carbocycles. The first-order chi connectivity index (χ1) is 14.4. The molecule has 0 saturated carbocycles. The maximum absolute atomic E-state index is 14.0. The van der Waals surface area contributed by atoms with Crippen LogP contribution >= 0.6 is 11.6 Å². The Morgan fingerprint density at radius 1 is 1.13 bits per heavy atom. The average molecular weight is 432 g/mol. The van der Waals surface area contributed by atoms with Crippen LogP contribution in [0.3, 0.4) is 0 Å². The topological polar surface area (TPSA) is 53.1 Å². The number of hydrogen-bond donors (Lipinski definition) is 0. The minimum absolute atomic E-state index is 0.0634. The van der Waals surface area contributed by atoms with E-state index in [1.54, 1.807) is 53.1 Å². The van der Waals surface area contributed by atoms with Crippen LogP contribution in [0.1, 0.15) is 18.5 Å². The summed E-state index contributed by atoms with van der Waals surface area (Å²) in [6.07, 6.45) is -0.946. The van der Waals surface area contributed by atoms with Gasteiger partial charge in [0.05, 0.1) is 0 Å². The number of halogens is 2. The summed E-state index contributed by atoms with van der Waals surface area (Å²) in [6, 6.07) is 12.7. The van der Waals surface area contributed by atoms with E-state index >= 15 is 0 Å². The van der Waals surface area contributed by atoms with Gasteiger partial charge in [-0.2, -0.15) is 0 Å². The van der Waals surface area contributed by atoms with Crippen molar-refractivity contribution in [1.82, 2.24) is 9.80 Å². The van der Waals surface area contributed by atoms with Crippen LogP contribution in [0.5, 0.6) is 0 Å². The Kier molecular flexibility index (Phi) is 5.92. The van der Waals surface area contributed by atoms with Gasteiger partial charge in [0.1, 0.15) is 18.0 Å². The predicted molar refractivity (Wildman–Crippen MR) is 112 cm³/mol. The van der Waals surface area contributed by atoms with E-state index in [0.717, 1.165) is 0 Å². The van der Waals surface area contributed by atoms with Crippen LogP contribution in [0.25, 0.3) is 0 Å². The van der Waals surface area contributed by atoms with E-state index in [4.69, 9.17) is 16.3 Å². The first-order valence-electron chi connectivity index (χ1n) is 9.91. The summed E-state index contributed by atoms with van der Waals surface area (Å²) in [5, 5.41) is 0.563. The Balaban J connectivity index is 1.60. The molecule has 0 bridgehead atoms. The van der Waals surface area contributed by atoms with E-state index in [1.807, 2.05) is 0 Å². The van der Waals surface area contributed by atoms with Gasteiger partial charge in [0.15, 0.2) is 0 Å². The lowest BCUT2D eigenvalue weighted by molar-refractivity contribution is -0.130. The third-order valence-electron chi connectivity index (χ3n) is 5.63. The average Bonchev–Trinajstić information content (AvgIpc) is 3.04. The number of anilines is 1. The zero-order valence-electron chi connectivity index (χ0n) is 16.6. The zero-order chi connectivity index (χ0) is 21.3. The van der Waals surface area contributed by atoms with Crippen LogP contribution in [0.2, 0.25) is 5.02 Å². The number of carbonyl (C=O) groups is 2. The SMILES string of the molecule is CC(=O)N1CCN(C[C@@H]2OC(=O)N(c3ccc(Cl)cc3)[C@H]2c2cccc(F)c2)CC1. The van der Waals surface area contributed by atoms with E-state index in [0.29, 0.717) is 49.0 Å². The highest BCUT2D eigenvalue weighted by Crippen LogP contribution is 2.38. The molecular formula is C22H23ClFN3O3. The number of hydrogen-bond acceptors (Lipinski definition) is 4. The molecule has 6 nitrogen and oxygen atoms in total. The second-order valence-electron chi connectivity index (χ2n) is 7.58. The molecule has 0 spiro atoms. The number of piperazine rings is 1. The fraction of sp³-hybridized carbons (Fsp3) is 0.364. The van der Waals surface area contributed by atoms with Crippen molar-refractivity contribution in [2.24, 2.45) is 0 Å². The van der Waals surface area contributed by atoms with E-state index in [1.165, 1.54) is 12.1 Å². The third kappa shape index (κ3) is 4.27. The Morgan fingerprint density at radius 3 is 2.47 bits per heavy atom. The summed E-state index contributed by atoms with van der Waals surface area (Å²) in [5.41, 5.74) is 1.31. The highest BCUT2D eigenvalue weighted by Gasteiger charge is 2.44. The highest BCUT2D eigenvalue weighted by molar-refractivity contribution is 6.30. The summed E-state index contributed by atoms with van der Waals surface area (Å²) >= 11 is 6.00. The van der Waals surface area contributed by atoms with E-state index in [9.17, 15) is 14.0 Å². The molecule has 2 saturated heterocycles. The van der Waals surface area contributed by atoms with Gasteiger partial charge in [0.25, 0.3) is 0 Å². The second kappa shape index (κ2) is 8.62. The van der Waals surface area contributed by atoms with Crippen molar-refractivity contribution in [2.45, 2.75) is 19.1 Å². The van der Waals surface area contributed by atoms with Crippen LogP contribution in [0, 0.1) is 5.82 Å². The largest absolute Gasteiger partial charge is 0.442 e. The Morgan fingerprint density at radius 2 is 1.83 bits per heavy atom. The standard InChI is InChI=1S/C22H23ClFN3O3/c1-15(28)26-11-9-25(10-12-26)14-20-21(16-3-2-4-18(24)13-16)27(22(29)30-20)19-7-5-17(23)6-8-19/h2-8,13,20-21H,9-12,14H2,1H3/t20-,21-/m0/s1. The smallest absolute Gasteiger partial charge is 0.415 e. The van der Waals surface area contributed by atoms with Crippen molar-refractivity contribution in [1.29, 1.82) is 0 Å². The summed E-state index contributed by atoms with van der Waals surface area (Å²) in [6.45, 7) is 4.75. The van der Waals surface area contributed by atoms with E-state index in [-0.39, 0.29) is 11.7 Å². The molecule has 0 unspecified atom stereocenters.